The van der Waals surface area contributed by atoms with E-state index in [1.165, 1.54) is 12.8 Å². The Morgan fingerprint density at radius 1 is 1.58 bits per heavy atom. The molecule has 1 heterocycles. The number of hydrogen-bond donors (Lipinski definition) is 2. The summed E-state index contributed by atoms with van der Waals surface area (Å²) in [4.78, 5) is 11.4. The van der Waals surface area contributed by atoms with Crippen molar-refractivity contribution in [2.24, 2.45) is 0 Å². The fraction of sp³-hybridized carbons (Fsp3) is 0.889. The molecule has 0 aliphatic carbocycles. The molecule has 3 nitrogen and oxygen atoms in total. The summed E-state index contributed by atoms with van der Waals surface area (Å²) in [5.74, 6) is 0.177. The van der Waals surface area contributed by atoms with Crippen molar-refractivity contribution in [1.29, 1.82) is 0 Å². The Bertz CT molecular complexity index is 141. The highest BCUT2D eigenvalue weighted by Gasteiger charge is 2.19. The molecule has 1 atom stereocenters. The second kappa shape index (κ2) is 5.14. The van der Waals surface area contributed by atoms with Gasteiger partial charge in [-0.25, -0.2) is 0 Å². The summed E-state index contributed by atoms with van der Waals surface area (Å²) < 4.78 is 0. The lowest BCUT2D eigenvalue weighted by Gasteiger charge is -2.22. The molecule has 0 spiro atoms. The molecule has 1 saturated heterocycles. The van der Waals surface area contributed by atoms with Gasteiger partial charge in [-0.15, -0.1) is 0 Å². The number of nitrogens with one attached hydrogen (secondary N) is 2. The van der Waals surface area contributed by atoms with E-state index in [9.17, 15) is 4.79 Å². The van der Waals surface area contributed by atoms with E-state index in [-0.39, 0.29) is 11.9 Å². The first kappa shape index (κ1) is 9.52. The second-order valence-corrected chi connectivity index (χ2v) is 3.29. The summed E-state index contributed by atoms with van der Waals surface area (Å²) in [6, 6.07) is 0.0744. The van der Waals surface area contributed by atoms with Gasteiger partial charge in [0.1, 0.15) is 0 Å². The Kier molecular flexibility index (Phi) is 4.08. The summed E-state index contributed by atoms with van der Waals surface area (Å²) in [7, 11) is 0. The molecule has 1 aliphatic heterocycles. The molecule has 0 aromatic heterocycles. The average molecular weight is 170 g/mol. The van der Waals surface area contributed by atoms with Crippen LogP contribution in [0.5, 0.6) is 0 Å². The van der Waals surface area contributed by atoms with Crippen LogP contribution in [0, 0.1) is 0 Å². The van der Waals surface area contributed by atoms with Gasteiger partial charge >= 0.3 is 0 Å². The van der Waals surface area contributed by atoms with Crippen LogP contribution in [-0.2, 0) is 4.79 Å². The van der Waals surface area contributed by atoms with Crippen LogP contribution in [-0.4, -0.2) is 25.0 Å². The van der Waals surface area contributed by atoms with E-state index in [0.717, 1.165) is 25.9 Å². The molecule has 0 aromatic carbocycles. The maximum atomic E-state index is 11.4. The van der Waals surface area contributed by atoms with E-state index in [0.29, 0.717) is 0 Å². The summed E-state index contributed by atoms with van der Waals surface area (Å²) in [5, 5.41) is 6.12. The van der Waals surface area contributed by atoms with Gasteiger partial charge in [-0.3, -0.25) is 4.79 Å². The van der Waals surface area contributed by atoms with Crippen molar-refractivity contribution in [3.8, 4) is 0 Å². The Balaban J connectivity index is 2.20. The maximum absolute atomic E-state index is 11.4. The molecule has 1 rings (SSSR count). The lowest BCUT2D eigenvalue weighted by molar-refractivity contribution is -0.123. The van der Waals surface area contributed by atoms with E-state index < -0.39 is 0 Å². The first-order chi connectivity index (χ1) is 5.84. The standard InChI is InChI=1S/C9H18N2O/c1-2-6-11-9(12)8-5-3-4-7-10-8/h8,10H,2-7H2,1H3,(H,11,12)/t8-/m1/s1. The lowest BCUT2D eigenvalue weighted by atomic mass is 10.0. The summed E-state index contributed by atoms with van der Waals surface area (Å²) in [6.07, 6.45) is 4.39. The summed E-state index contributed by atoms with van der Waals surface area (Å²) in [6.45, 7) is 3.86. The van der Waals surface area contributed by atoms with Crippen molar-refractivity contribution < 1.29 is 4.79 Å². The van der Waals surface area contributed by atoms with Gasteiger partial charge in [-0.1, -0.05) is 13.3 Å². The molecule has 0 aromatic rings. The van der Waals surface area contributed by atoms with Gasteiger partial charge in [0.15, 0.2) is 0 Å². The van der Waals surface area contributed by atoms with Crippen molar-refractivity contribution in [3.05, 3.63) is 0 Å². The van der Waals surface area contributed by atoms with Crippen LogP contribution >= 0.6 is 0 Å². The highest BCUT2D eigenvalue weighted by molar-refractivity contribution is 5.81. The normalized spacial score (nSPS) is 23.6. The van der Waals surface area contributed by atoms with E-state index >= 15 is 0 Å². The predicted octanol–water partition coefficient (Wildman–Crippen LogP) is 0.655. The van der Waals surface area contributed by atoms with Gasteiger partial charge in [0.2, 0.25) is 5.91 Å². The molecule has 1 aliphatic rings. The molecule has 70 valence electrons. The summed E-state index contributed by atoms with van der Waals surface area (Å²) in [5.41, 5.74) is 0. The van der Waals surface area contributed by atoms with E-state index in [1.807, 2.05) is 0 Å². The lowest BCUT2D eigenvalue weighted by Crippen LogP contribution is -2.46. The Labute approximate surface area is 73.9 Å². The van der Waals surface area contributed by atoms with Gasteiger partial charge in [0.25, 0.3) is 0 Å². The van der Waals surface area contributed by atoms with Gasteiger partial charge < -0.3 is 10.6 Å². The Morgan fingerprint density at radius 2 is 2.42 bits per heavy atom. The first-order valence-electron chi connectivity index (χ1n) is 4.85. The van der Waals surface area contributed by atoms with Crippen molar-refractivity contribution in [3.63, 3.8) is 0 Å². The molecule has 12 heavy (non-hydrogen) atoms. The van der Waals surface area contributed by atoms with Crippen molar-refractivity contribution in [2.45, 2.75) is 38.6 Å². The van der Waals surface area contributed by atoms with Crippen LogP contribution in [0.25, 0.3) is 0 Å². The minimum atomic E-state index is 0.0744. The Morgan fingerprint density at radius 3 is 3.00 bits per heavy atom. The monoisotopic (exact) mass is 170 g/mol. The molecule has 0 bridgehead atoms. The molecule has 3 heteroatoms. The first-order valence-corrected chi connectivity index (χ1v) is 4.85. The van der Waals surface area contributed by atoms with Crippen LogP contribution < -0.4 is 10.6 Å². The molecule has 1 amide bonds. The number of amides is 1. The number of piperidine rings is 1. The summed E-state index contributed by atoms with van der Waals surface area (Å²) >= 11 is 0. The zero-order valence-corrected chi connectivity index (χ0v) is 7.73. The van der Waals surface area contributed by atoms with Crippen molar-refractivity contribution in [1.82, 2.24) is 10.6 Å². The highest BCUT2D eigenvalue weighted by Crippen LogP contribution is 2.06. The van der Waals surface area contributed by atoms with Crippen LogP contribution in [0.1, 0.15) is 32.6 Å². The van der Waals surface area contributed by atoms with Crippen LogP contribution in [0.3, 0.4) is 0 Å². The quantitative estimate of drug-likeness (QED) is 0.653. The molecule has 0 unspecified atom stereocenters. The number of hydrogen-bond acceptors (Lipinski definition) is 2. The third-order valence-corrected chi connectivity index (χ3v) is 2.18. The average Bonchev–Trinajstić information content (AvgIpc) is 2.15. The smallest absolute Gasteiger partial charge is 0.237 e. The second-order valence-electron chi connectivity index (χ2n) is 3.29. The van der Waals surface area contributed by atoms with E-state index in [4.69, 9.17) is 0 Å². The van der Waals surface area contributed by atoms with Gasteiger partial charge in [0.05, 0.1) is 6.04 Å². The van der Waals surface area contributed by atoms with Crippen molar-refractivity contribution >= 4 is 5.91 Å². The number of rotatable bonds is 3. The van der Waals surface area contributed by atoms with E-state index in [2.05, 4.69) is 17.6 Å². The Hall–Kier alpha value is -0.570. The minimum Gasteiger partial charge on any atom is -0.355 e. The third kappa shape index (κ3) is 2.81. The molecule has 2 N–H and O–H groups in total. The highest BCUT2D eigenvalue weighted by atomic mass is 16.2. The molecule has 0 saturated carbocycles. The molecule has 0 radical (unpaired) electrons. The maximum Gasteiger partial charge on any atom is 0.237 e. The third-order valence-electron chi connectivity index (χ3n) is 2.18. The van der Waals surface area contributed by atoms with Gasteiger partial charge in [0, 0.05) is 6.54 Å². The minimum absolute atomic E-state index is 0.0744. The fourth-order valence-electron chi connectivity index (χ4n) is 1.45. The van der Waals surface area contributed by atoms with Gasteiger partial charge in [-0.05, 0) is 25.8 Å². The molecular weight excluding hydrogens is 152 g/mol. The number of carbonyl (C=O) groups excluding carboxylic acids is 1. The fourth-order valence-corrected chi connectivity index (χ4v) is 1.45. The van der Waals surface area contributed by atoms with Crippen molar-refractivity contribution in [2.75, 3.05) is 13.1 Å². The predicted molar refractivity (Wildman–Crippen MR) is 48.9 cm³/mol. The number of carbonyl (C=O) groups is 1. The van der Waals surface area contributed by atoms with Crippen LogP contribution in [0.15, 0.2) is 0 Å². The topological polar surface area (TPSA) is 41.1 Å². The molecular formula is C9H18N2O. The molecule has 1 fully saturated rings. The van der Waals surface area contributed by atoms with E-state index in [1.54, 1.807) is 0 Å². The SMILES string of the molecule is CCCNC(=O)[C@H]1CCCCN1. The zero-order chi connectivity index (χ0) is 8.81. The van der Waals surface area contributed by atoms with Crippen LogP contribution in [0.2, 0.25) is 0 Å². The zero-order valence-electron chi connectivity index (χ0n) is 7.73. The van der Waals surface area contributed by atoms with Crippen LogP contribution in [0.4, 0.5) is 0 Å². The van der Waals surface area contributed by atoms with Gasteiger partial charge in [-0.2, -0.15) is 0 Å². The largest absolute Gasteiger partial charge is 0.355 e.